The van der Waals surface area contributed by atoms with Gasteiger partial charge in [-0.15, -0.1) is 13.2 Å². The van der Waals surface area contributed by atoms with Crippen molar-refractivity contribution in [2.24, 2.45) is 17.8 Å². The summed E-state index contributed by atoms with van der Waals surface area (Å²) in [6.45, 7) is 2.03. The van der Waals surface area contributed by atoms with Gasteiger partial charge in [-0.25, -0.2) is 0 Å². The van der Waals surface area contributed by atoms with E-state index in [0.29, 0.717) is 23.4 Å². The number of nitrogens with one attached hydrogen (secondary N) is 1. The van der Waals surface area contributed by atoms with Crippen molar-refractivity contribution in [2.75, 3.05) is 5.32 Å². The smallest absolute Gasteiger partial charge is 0.404 e. The molecular weight excluding hydrogens is 279 g/mol. The molecule has 0 radical (unpaired) electrons. The first-order valence-electron chi connectivity index (χ1n) is 7.22. The van der Waals surface area contributed by atoms with Crippen LogP contribution in [0.1, 0.15) is 19.8 Å². The molecule has 1 saturated carbocycles. The number of fused-ring (bicyclic) bond motifs is 2. The van der Waals surface area contributed by atoms with Gasteiger partial charge in [0.1, 0.15) is 0 Å². The van der Waals surface area contributed by atoms with Crippen LogP contribution >= 0.6 is 0 Å². The van der Waals surface area contributed by atoms with Crippen molar-refractivity contribution in [3.8, 4) is 5.75 Å². The molecule has 2 nitrogen and oxygen atoms in total. The molecule has 2 aliphatic rings. The maximum absolute atomic E-state index is 12.4. The van der Waals surface area contributed by atoms with Gasteiger partial charge in [-0.2, -0.15) is 0 Å². The average Bonchev–Trinajstić information content (AvgIpc) is 3.01. The standard InChI is InChI=1S/C16H18F3NO/c1-10(13-9-11-6-7-12(13)8-11)20-14-4-2-3-5-15(14)21-16(17,18)19/h2-7,10-13,20H,8-9H2,1H3. The molecule has 3 rings (SSSR count). The van der Waals surface area contributed by atoms with E-state index in [4.69, 9.17) is 0 Å². The van der Waals surface area contributed by atoms with Gasteiger partial charge in [-0.05, 0) is 49.7 Å². The highest BCUT2D eigenvalue weighted by Gasteiger charge is 2.39. The number of rotatable bonds is 4. The number of anilines is 1. The number of benzene rings is 1. The lowest BCUT2D eigenvalue weighted by Gasteiger charge is -2.28. The first-order valence-corrected chi connectivity index (χ1v) is 7.22. The number of alkyl halides is 3. The molecule has 0 saturated heterocycles. The van der Waals surface area contributed by atoms with Gasteiger partial charge in [-0.3, -0.25) is 0 Å². The maximum Gasteiger partial charge on any atom is 0.573 e. The van der Waals surface area contributed by atoms with Gasteiger partial charge in [0.05, 0.1) is 5.69 Å². The van der Waals surface area contributed by atoms with Crippen molar-refractivity contribution in [2.45, 2.75) is 32.2 Å². The summed E-state index contributed by atoms with van der Waals surface area (Å²) in [7, 11) is 0. The first kappa shape index (κ1) is 14.3. The van der Waals surface area contributed by atoms with Crippen LogP contribution in [0.2, 0.25) is 0 Å². The van der Waals surface area contributed by atoms with Crippen LogP contribution in [0.3, 0.4) is 0 Å². The fourth-order valence-corrected chi connectivity index (χ4v) is 3.55. The monoisotopic (exact) mass is 297 g/mol. The minimum atomic E-state index is -4.67. The van der Waals surface area contributed by atoms with E-state index in [-0.39, 0.29) is 11.8 Å². The molecule has 1 aromatic carbocycles. The Morgan fingerprint density at radius 3 is 2.57 bits per heavy atom. The van der Waals surface area contributed by atoms with E-state index in [0.717, 1.165) is 6.42 Å². The first-order chi connectivity index (χ1) is 9.92. The molecule has 0 spiro atoms. The van der Waals surface area contributed by atoms with E-state index in [1.807, 2.05) is 6.92 Å². The van der Waals surface area contributed by atoms with Gasteiger partial charge in [0.25, 0.3) is 0 Å². The zero-order valence-corrected chi connectivity index (χ0v) is 11.7. The van der Waals surface area contributed by atoms with E-state index in [2.05, 4.69) is 22.2 Å². The number of hydrogen-bond acceptors (Lipinski definition) is 2. The Balaban J connectivity index is 1.71. The fourth-order valence-electron chi connectivity index (χ4n) is 3.55. The zero-order chi connectivity index (χ0) is 15.0. The quantitative estimate of drug-likeness (QED) is 0.820. The highest BCUT2D eigenvalue weighted by molar-refractivity contribution is 5.57. The molecule has 2 bridgehead atoms. The van der Waals surface area contributed by atoms with Crippen LogP contribution < -0.4 is 10.1 Å². The maximum atomic E-state index is 12.4. The van der Waals surface area contributed by atoms with Gasteiger partial charge in [0.2, 0.25) is 0 Å². The second kappa shape index (κ2) is 5.28. The predicted molar refractivity (Wildman–Crippen MR) is 75.1 cm³/mol. The van der Waals surface area contributed by atoms with Crippen molar-refractivity contribution in [1.29, 1.82) is 0 Å². The van der Waals surface area contributed by atoms with Gasteiger partial charge in [-0.1, -0.05) is 24.3 Å². The predicted octanol–water partition coefficient (Wildman–Crippen LogP) is 4.60. The number of halogens is 3. The van der Waals surface area contributed by atoms with Crippen molar-refractivity contribution in [1.82, 2.24) is 0 Å². The number of hydrogen-bond donors (Lipinski definition) is 1. The number of allylic oxidation sites excluding steroid dienone is 2. The summed E-state index contributed by atoms with van der Waals surface area (Å²) in [5, 5.41) is 3.20. The molecule has 0 aliphatic heterocycles. The second-order valence-electron chi connectivity index (χ2n) is 5.92. The second-order valence-corrected chi connectivity index (χ2v) is 5.92. The Kier molecular flexibility index (Phi) is 3.59. The van der Waals surface area contributed by atoms with Crippen LogP contribution in [0.4, 0.5) is 18.9 Å². The molecule has 1 fully saturated rings. The largest absolute Gasteiger partial charge is 0.573 e. The SMILES string of the molecule is CC(Nc1ccccc1OC(F)(F)F)C1CC2C=CC1C2. The van der Waals surface area contributed by atoms with Crippen LogP contribution in [0, 0.1) is 17.8 Å². The highest BCUT2D eigenvalue weighted by atomic mass is 19.4. The lowest BCUT2D eigenvalue weighted by Crippen LogP contribution is -2.29. The van der Waals surface area contributed by atoms with E-state index in [9.17, 15) is 13.2 Å². The number of ether oxygens (including phenoxy) is 1. The van der Waals surface area contributed by atoms with Gasteiger partial charge in [0.15, 0.2) is 5.75 Å². The summed E-state index contributed by atoms with van der Waals surface area (Å²) in [5.74, 6) is 1.49. The van der Waals surface area contributed by atoms with Crippen molar-refractivity contribution >= 4 is 5.69 Å². The Morgan fingerprint density at radius 1 is 1.19 bits per heavy atom. The lowest BCUT2D eigenvalue weighted by molar-refractivity contribution is -0.274. The van der Waals surface area contributed by atoms with Gasteiger partial charge < -0.3 is 10.1 Å². The summed E-state index contributed by atoms with van der Waals surface area (Å²) in [5.41, 5.74) is 0.397. The Bertz CT molecular complexity index is 541. The lowest BCUT2D eigenvalue weighted by atomic mass is 9.87. The minimum absolute atomic E-state index is 0.114. The molecular formula is C16H18F3NO. The van der Waals surface area contributed by atoms with Crippen LogP contribution in [0.15, 0.2) is 36.4 Å². The molecule has 0 heterocycles. The molecule has 114 valence electrons. The summed E-state index contributed by atoms with van der Waals surface area (Å²) >= 11 is 0. The van der Waals surface area contributed by atoms with Crippen LogP contribution in [0.5, 0.6) is 5.75 Å². The van der Waals surface area contributed by atoms with Crippen molar-refractivity contribution < 1.29 is 17.9 Å². The molecule has 4 atom stereocenters. The van der Waals surface area contributed by atoms with Gasteiger partial charge >= 0.3 is 6.36 Å². The highest BCUT2D eigenvalue weighted by Crippen LogP contribution is 2.45. The molecule has 0 amide bonds. The van der Waals surface area contributed by atoms with Crippen LogP contribution in [-0.4, -0.2) is 12.4 Å². The minimum Gasteiger partial charge on any atom is -0.404 e. The van der Waals surface area contributed by atoms with Crippen LogP contribution in [0.25, 0.3) is 0 Å². The summed E-state index contributed by atoms with van der Waals surface area (Å²) < 4.78 is 41.4. The third-order valence-electron chi connectivity index (χ3n) is 4.47. The van der Waals surface area contributed by atoms with Gasteiger partial charge in [0, 0.05) is 6.04 Å². The third-order valence-corrected chi connectivity index (χ3v) is 4.47. The topological polar surface area (TPSA) is 21.3 Å². The van der Waals surface area contributed by atoms with Crippen LogP contribution in [-0.2, 0) is 0 Å². The van der Waals surface area contributed by atoms with Crippen molar-refractivity contribution in [3.63, 3.8) is 0 Å². The Morgan fingerprint density at radius 2 is 1.95 bits per heavy atom. The van der Waals surface area contributed by atoms with E-state index in [1.54, 1.807) is 12.1 Å². The summed E-state index contributed by atoms with van der Waals surface area (Å²) in [4.78, 5) is 0. The van der Waals surface area contributed by atoms with E-state index >= 15 is 0 Å². The summed E-state index contributed by atoms with van der Waals surface area (Å²) in [6, 6.07) is 6.32. The normalized spacial score (nSPS) is 28.7. The molecule has 21 heavy (non-hydrogen) atoms. The molecule has 0 aromatic heterocycles. The summed E-state index contributed by atoms with van der Waals surface area (Å²) in [6.07, 6.45) is 2.12. The van der Waals surface area contributed by atoms with Crippen molar-refractivity contribution in [3.05, 3.63) is 36.4 Å². The molecule has 1 N–H and O–H groups in total. The van der Waals surface area contributed by atoms with E-state index in [1.165, 1.54) is 18.6 Å². The molecule has 4 unspecified atom stereocenters. The molecule has 5 heteroatoms. The third kappa shape index (κ3) is 3.17. The average molecular weight is 297 g/mol. The van der Waals surface area contributed by atoms with E-state index < -0.39 is 6.36 Å². The molecule has 2 aliphatic carbocycles. The zero-order valence-electron chi connectivity index (χ0n) is 11.7. The Hall–Kier alpha value is -1.65. The number of para-hydroxylation sites is 2. The fraction of sp³-hybridized carbons (Fsp3) is 0.500. The molecule has 1 aromatic rings. The Labute approximate surface area is 122 Å².